The lowest BCUT2D eigenvalue weighted by atomic mass is 10.0. The molecule has 2 heterocycles. The van der Waals surface area contributed by atoms with Gasteiger partial charge in [0.2, 0.25) is 5.76 Å². The van der Waals surface area contributed by atoms with Crippen molar-refractivity contribution >= 4 is 40.9 Å². The highest BCUT2D eigenvalue weighted by Gasteiger charge is 2.25. The van der Waals surface area contributed by atoms with Crippen LogP contribution in [0.15, 0.2) is 53.2 Å². The summed E-state index contributed by atoms with van der Waals surface area (Å²) in [6.45, 7) is 3.38. The van der Waals surface area contributed by atoms with Gasteiger partial charge in [0, 0.05) is 17.3 Å². The number of carbonyl (C=O) groups excluding carboxylic acids is 2. The molecule has 4 N–H and O–H groups in total. The number of benzene rings is 1. The van der Waals surface area contributed by atoms with Gasteiger partial charge in [-0.2, -0.15) is 0 Å². The Bertz CT molecular complexity index is 1110. The summed E-state index contributed by atoms with van der Waals surface area (Å²) in [5, 5.41) is 21.1. The summed E-state index contributed by atoms with van der Waals surface area (Å²) in [5.74, 6) is -2.21. The molecule has 0 unspecified atom stereocenters. The van der Waals surface area contributed by atoms with E-state index in [9.17, 15) is 19.5 Å². The molecule has 0 radical (unpaired) electrons. The second kappa shape index (κ2) is 9.92. The van der Waals surface area contributed by atoms with E-state index < -0.39 is 23.9 Å². The van der Waals surface area contributed by atoms with E-state index >= 15 is 0 Å². The van der Waals surface area contributed by atoms with Crippen LogP contribution in [0.5, 0.6) is 0 Å². The number of aromatic nitrogens is 2. The van der Waals surface area contributed by atoms with Crippen LogP contribution in [0.1, 0.15) is 24.4 Å². The molecule has 1 aromatic carbocycles. The van der Waals surface area contributed by atoms with Crippen LogP contribution < -0.4 is 16.0 Å². The molecule has 0 saturated heterocycles. The van der Waals surface area contributed by atoms with Gasteiger partial charge < -0.3 is 25.6 Å². The van der Waals surface area contributed by atoms with E-state index in [1.807, 2.05) is 0 Å². The lowest BCUT2D eigenvalue weighted by Gasteiger charge is -2.16. The highest BCUT2D eigenvalue weighted by molar-refractivity contribution is 6.29. The highest BCUT2D eigenvalue weighted by atomic mass is 35.5. The molecule has 11 heteroatoms. The van der Waals surface area contributed by atoms with Gasteiger partial charge in [0.05, 0.1) is 11.9 Å². The van der Waals surface area contributed by atoms with Gasteiger partial charge in [-0.15, -0.1) is 0 Å². The van der Waals surface area contributed by atoms with Gasteiger partial charge in [0.15, 0.2) is 0 Å². The molecule has 32 heavy (non-hydrogen) atoms. The Balaban J connectivity index is 1.62. The average molecular weight is 458 g/mol. The first-order valence-electron chi connectivity index (χ1n) is 9.53. The zero-order valence-electron chi connectivity index (χ0n) is 17.1. The third kappa shape index (κ3) is 5.82. The number of pyridine rings is 1. The van der Waals surface area contributed by atoms with Crippen molar-refractivity contribution in [3.63, 3.8) is 0 Å². The number of amides is 3. The molecule has 0 spiro atoms. The summed E-state index contributed by atoms with van der Waals surface area (Å²) in [7, 11) is 0. The fourth-order valence-electron chi connectivity index (χ4n) is 2.71. The van der Waals surface area contributed by atoms with Gasteiger partial charge in [0.1, 0.15) is 16.9 Å². The molecule has 3 amide bonds. The van der Waals surface area contributed by atoms with Crippen LogP contribution in [-0.2, 0) is 4.79 Å². The van der Waals surface area contributed by atoms with Crippen molar-refractivity contribution in [3.8, 4) is 11.3 Å². The number of carboxylic acid groups (broad SMARTS) is 1. The Morgan fingerprint density at radius 1 is 1.03 bits per heavy atom. The van der Waals surface area contributed by atoms with Crippen molar-refractivity contribution in [1.29, 1.82) is 0 Å². The van der Waals surface area contributed by atoms with Gasteiger partial charge in [0.25, 0.3) is 5.91 Å². The number of carbonyl (C=O) groups is 3. The number of hydrogen-bond donors (Lipinski definition) is 4. The topological polar surface area (TPSA) is 146 Å². The number of carboxylic acids is 1. The van der Waals surface area contributed by atoms with Crippen LogP contribution in [0, 0.1) is 5.92 Å². The second-order valence-corrected chi connectivity index (χ2v) is 7.52. The number of anilines is 2. The van der Waals surface area contributed by atoms with Gasteiger partial charge in [-0.3, -0.25) is 4.79 Å². The number of nitrogens with zero attached hydrogens (tertiary/aromatic N) is 2. The molecule has 10 nitrogen and oxygen atoms in total. The monoisotopic (exact) mass is 457 g/mol. The van der Waals surface area contributed by atoms with E-state index in [2.05, 4.69) is 26.1 Å². The molecule has 0 fully saturated rings. The van der Waals surface area contributed by atoms with Gasteiger partial charge in [-0.1, -0.05) is 42.7 Å². The summed E-state index contributed by atoms with van der Waals surface area (Å²) in [4.78, 5) is 39.5. The zero-order valence-corrected chi connectivity index (χ0v) is 17.9. The number of aliphatic carboxylic acids is 1. The van der Waals surface area contributed by atoms with Crippen LogP contribution in [0.25, 0.3) is 11.3 Å². The Hall–Kier alpha value is -3.92. The molecular weight excluding hydrogens is 438 g/mol. The van der Waals surface area contributed by atoms with Crippen molar-refractivity contribution in [2.75, 3.05) is 10.6 Å². The SMILES string of the molecule is CC(C)[C@H](NC(=O)c1cc(-c2ccc(NC(=O)Nc3ccc(Cl)nc3)cc2)no1)C(=O)O. The molecule has 0 aliphatic rings. The lowest BCUT2D eigenvalue weighted by molar-refractivity contribution is -0.140. The van der Waals surface area contributed by atoms with Crippen LogP contribution in [0.2, 0.25) is 5.15 Å². The molecular formula is C21H20ClN5O5. The molecule has 3 aromatic rings. The molecule has 0 saturated carbocycles. The predicted molar refractivity (Wildman–Crippen MR) is 118 cm³/mol. The number of halogens is 1. The third-order valence-electron chi connectivity index (χ3n) is 4.38. The van der Waals surface area contributed by atoms with Crippen molar-refractivity contribution in [3.05, 3.63) is 59.6 Å². The minimum absolute atomic E-state index is 0.106. The largest absolute Gasteiger partial charge is 0.480 e. The molecule has 2 aromatic heterocycles. The number of urea groups is 1. The standard InChI is InChI=1S/C21H20ClN5O5/c1-11(2)18(20(29)30)26-19(28)16-9-15(27-32-16)12-3-5-13(6-4-12)24-21(31)25-14-7-8-17(22)23-10-14/h3-11,18H,1-2H3,(H,26,28)(H,29,30)(H2,24,25,31)/t18-/m0/s1. The molecule has 1 atom stereocenters. The summed E-state index contributed by atoms with van der Waals surface area (Å²) < 4.78 is 5.06. The second-order valence-electron chi connectivity index (χ2n) is 7.14. The number of rotatable bonds is 7. The maximum absolute atomic E-state index is 12.3. The predicted octanol–water partition coefficient (Wildman–Crippen LogP) is 3.87. The minimum atomic E-state index is -1.13. The number of nitrogens with one attached hydrogen (secondary N) is 3. The Morgan fingerprint density at radius 3 is 2.28 bits per heavy atom. The Labute approximate surface area is 188 Å². The first-order chi connectivity index (χ1) is 15.2. The van der Waals surface area contributed by atoms with E-state index in [0.29, 0.717) is 27.8 Å². The number of hydrogen-bond acceptors (Lipinski definition) is 6. The first kappa shape index (κ1) is 22.8. The summed E-state index contributed by atoms with van der Waals surface area (Å²) in [6.07, 6.45) is 1.43. The summed E-state index contributed by atoms with van der Waals surface area (Å²) >= 11 is 5.71. The van der Waals surface area contributed by atoms with Crippen LogP contribution in [-0.4, -0.2) is 39.2 Å². The highest BCUT2D eigenvalue weighted by Crippen LogP contribution is 2.22. The normalized spacial score (nSPS) is 11.6. The van der Waals surface area contributed by atoms with E-state index in [0.717, 1.165) is 0 Å². The van der Waals surface area contributed by atoms with Gasteiger partial charge >= 0.3 is 12.0 Å². The maximum atomic E-state index is 12.3. The lowest BCUT2D eigenvalue weighted by Crippen LogP contribution is -2.44. The fraction of sp³-hybridized carbons (Fsp3) is 0.190. The summed E-state index contributed by atoms with van der Waals surface area (Å²) in [6, 6.07) is 9.78. The average Bonchev–Trinajstić information content (AvgIpc) is 3.24. The van der Waals surface area contributed by atoms with Crippen molar-refractivity contribution < 1.29 is 24.0 Å². The third-order valence-corrected chi connectivity index (χ3v) is 4.60. The van der Waals surface area contributed by atoms with Crippen LogP contribution in [0.3, 0.4) is 0 Å². The Kier molecular flexibility index (Phi) is 7.06. The van der Waals surface area contributed by atoms with Crippen LogP contribution in [0.4, 0.5) is 16.2 Å². The van der Waals surface area contributed by atoms with E-state index in [-0.39, 0.29) is 11.7 Å². The maximum Gasteiger partial charge on any atom is 0.326 e. The Morgan fingerprint density at radius 2 is 1.69 bits per heavy atom. The van der Waals surface area contributed by atoms with Crippen LogP contribution >= 0.6 is 11.6 Å². The molecule has 166 valence electrons. The molecule has 0 bridgehead atoms. The van der Waals surface area contributed by atoms with E-state index in [4.69, 9.17) is 16.1 Å². The van der Waals surface area contributed by atoms with Gasteiger partial charge in [-0.25, -0.2) is 14.6 Å². The minimum Gasteiger partial charge on any atom is -0.480 e. The quantitative estimate of drug-likeness (QED) is 0.394. The van der Waals surface area contributed by atoms with Crippen molar-refractivity contribution in [2.24, 2.45) is 5.92 Å². The fourth-order valence-corrected chi connectivity index (χ4v) is 2.82. The zero-order chi connectivity index (χ0) is 23.3. The first-order valence-corrected chi connectivity index (χ1v) is 9.91. The smallest absolute Gasteiger partial charge is 0.326 e. The van der Waals surface area contributed by atoms with Gasteiger partial charge in [-0.05, 0) is 30.2 Å². The summed E-state index contributed by atoms with van der Waals surface area (Å²) in [5.41, 5.74) is 2.03. The molecule has 0 aliphatic heterocycles. The molecule has 0 aliphatic carbocycles. The molecule has 3 rings (SSSR count). The van der Waals surface area contributed by atoms with Crippen molar-refractivity contribution in [1.82, 2.24) is 15.5 Å². The van der Waals surface area contributed by atoms with E-state index in [1.165, 1.54) is 12.3 Å². The van der Waals surface area contributed by atoms with Crippen molar-refractivity contribution in [2.45, 2.75) is 19.9 Å². The van der Waals surface area contributed by atoms with E-state index in [1.54, 1.807) is 50.2 Å².